The minimum absolute atomic E-state index is 0.0387. The van der Waals surface area contributed by atoms with Crippen LogP contribution >= 0.6 is 0 Å². The predicted octanol–water partition coefficient (Wildman–Crippen LogP) is 4.96. The zero-order chi connectivity index (χ0) is 26.9. The van der Waals surface area contributed by atoms with Gasteiger partial charge in [-0.25, -0.2) is 0 Å². The van der Waals surface area contributed by atoms with Crippen molar-refractivity contribution in [1.29, 1.82) is 0 Å². The van der Waals surface area contributed by atoms with Gasteiger partial charge in [0.05, 0.1) is 6.54 Å². The van der Waals surface area contributed by atoms with Crippen LogP contribution in [0.15, 0.2) is 67.1 Å². The number of nitrogens with zero attached hydrogens (tertiary/aromatic N) is 4. The maximum absolute atomic E-state index is 13.3. The topological polar surface area (TPSA) is 70.8 Å². The lowest BCUT2D eigenvalue weighted by Crippen LogP contribution is -2.48. The molecular formula is C28H27F3N4O3. The van der Waals surface area contributed by atoms with Gasteiger partial charge >= 0.3 is 6.36 Å². The molecule has 7 nitrogen and oxygen atoms in total. The lowest BCUT2D eigenvalue weighted by Gasteiger charge is -2.34. The molecule has 1 amide bonds. The van der Waals surface area contributed by atoms with Crippen molar-refractivity contribution in [2.75, 3.05) is 26.2 Å². The summed E-state index contributed by atoms with van der Waals surface area (Å²) in [6.07, 6.45) is 0.559. The molecule has 1 aliphatic rings. The third kappa shape index (κ3) is 5.75. The summed E-state index contributed by atoms with van der Waals surface area (Å²) in [5.41, 5.74) is 3.21. The van der Waals surface area contributed by atoms with Crippen LogP contribution in [0.25, 0.3) is 10.8 Å². The Morgan fingerprint density at radius 1 is 0.974 bits per heavy atom. The van der Waals surface area contributed by atoms with Crippen molar-refractivity contribution in [2.24, 2.45) is 0 Å². The number of hydrogen-bond acceptors (Lipinski definition) is 5. The second-order valence-corrected chi connectivity index (χ2v) is 9.45. The molecule has 5 rings (SSSR count). The number of alkyl halides is 3. The maximum atomic E-state index is 13.3. The monoisotopic (exact) mass is 524 g/mol. The highest BCUT2D eigenvalue weighted by atomic mass is 19.4. The van der Waals surface area contributed by atoms with E-state index in [1.807, 2.05) is 24.0 Å². The van der Waals surface area contributed by atoms with Crippen molar-refractivity contribution in [3.8, 4) is 11.6 Å². The highest BCUT2D eigenvalue weighted by Crippen LogP contribution is 2.33. The molecule has 0 radical (unpaired) electrons. The molecule has 0 bridgehead atoms. The number of ether oxygens (including phenoxy) is 1. The minimum atomic E-state index is -4.75. The largest absolute Gasteiger partial charge is 0.573 e. The van der Waals surface area contributed by atoms with Crippen LogP contribution in [-0.2, 0) is 13.1 Å². The predicted molar refractivity (Wildman–Crippen MR) is 136 cm³/mol. The van der Waals surface area contributed by atoms with E-state index in [4.69, 9.17) is 0 Å². The number of hydrogen-bond donors (Lipinski definition) is 1. The lowest BCUT2D eigenvalue weighted by atomic mass is 10.0. The van der Waals surface area contributed by atoms with Gasteiger partial charge < -0.3 is 19.3 Å². The number of amides is 1. The Labute approximate surface area is 217 Å². The summed E-state index contributed by atoms with van der Waals surface area (Å²) in [5.74, 6) is -0.316. The average molecular weight is 525 g/mol. The summed E-state index contributed by atoms with van der Waals surface area (Å²) in [5, 5.41) is 12.2. The number of fused-ring (bicyclic) bond motifs is 1. The fourth-order valence-electron chi connectivity index (χ4n) is 4.87. The summed E-state index contributed by atoms with van der Waals surface area (Å²) in [4.78, 5) is 21.5. The van der Waals surface area contributed by atoms with E-state index < -0.39 is 6.36 Å². The molecule has 198 valence electrons. The molecule has 1 aliphatic heterocycles. The third-order valence-corrected chi connectivity index (χ3v) is 6.73. The summed E-state index contributed by atoms with van der Waals surface area (Å²) in [6.45, 7) is 5.72. The highest BCUT2D eigenvalue weighted by Gasteiger charge is 2.31. The van der Waals surface area contributed by atoms with Gasteiger partial charge in [0.25, 0.3) is 5.91 Å². The first-order valence-electron chi connectivity index (χ1n) is 12.2. The van der Waals surface area contributed by atoms with E-state index in [9.17, 15) is 23.1 Å². The number of carbonyl (C=O) groups excluding carboxylic acids is 1. The van der Waals surface area contributed by atoms with Crippen molar-refractivity contribution in [2.45, 2.75) is 26.4 Å². The number of aromatic nitrogens is 2. The van der Waals surface area contributed by atoms with Crippen LogP contribution in [-0.4, -0.2) is 62.9 Å². The Balaban J connectivity index is 1.28. The molecule has 0 saturated carbocycles. The van der Waals surface area contributed by atoms with E-state index in [2.05, 4.69) is 14.6 Å². The standard InChI is InChI=1S/C28H27F3N4O3/c1-19-14-22(26(36)34-12-10-33(11-13-34)16-21-6-8-32-9-7-21)15-23-18-35(27(37)25(19)23)17-20-2-4-24(5-3-20)38-28(29,30)31/h2-9,14-15,18,37H,10-13,16-17H2,1H3. The number of carbonyl (C=O) groups is 1. The van der Waals surface area contributed by atoms with E-state index >= 15 is 0 Å². The molecule has 1 fully saturated rings. The summed E-state index contributed by atoms with van der Waals surface area (Å²) in [6, 6.07) is 13.1. The fourth-order valence-corrected chi connectivity index (χ4v) is 4.87. The van der Waals surface area contributed by atoms with Crippen LogP contribution in [0.5, 0.6) is 11.6 Å². The van der Waals surface area contributed by atoms with Gasteiger partial charge in [0.1, 0.15) is 5.75 Å². The molecule has 0 spiro atoms. The molecular weight excluding hydrogens is 497 g/mol. The first kappa shape index (κ1) is 25.6. The van der Waals surface area contributed by atoms with Gasteiger partial charge in [-0.2, -0.15) is 0 Å². The van der Waals surface area contributed by atoms with Crippen molar-refractivity contribution < 1.29 is 27.8 Å². The second-order valence-electron chi connectivity index (χ2n) is 9.45. The Hall–Kier alpha value is -4.05. The molecule has 0 aliphatic carbocycles. The van der Waals surface area contributed by atoms with Crippen LogP contribution in [0.3, 0.4) is 0 Å². The number of benzene rings is 2. The molecule has 10 heteroatoms. The van der Waals surface area contributed by atoms with Crippen LogP contribution in [0.2, 0.25) is 0 Å². The maximum Gasteiger partial charge on any atom is 0.573 e. The van der Waals surface area contributed by atoms with Gasteiger partial charge in [-0.05, 0) is 60.0 Å². The van der Waals surface area contributed by atoms with Crippen molar-refractivity contribution >= 4 is 16.7 Å². The molecule has 4 aromatic rings. The van der Waals surface area contributed by atoms with Gasteiger partial charge in [0, 0.05) is 67.7 Å². The average Bonchev–Trinajstić information content (AvgIpc) is 3.20. The van der Waals surface area contributed by atoms with E-state index in [1.54, 1.807) is 35.3 Å². The van der Waals surface area contributed by atoms with Crippen molar-refractivity contribution in [3.05, 3.63) is 89.4 Å². The van der Waals surface area contributed by atoms with Crippen LogP contribution in [0.4, 0.5) is 13.2 Å². The Morgan fingerprint density at radius 3 is 2.29 bits per heavy atom. The minimum Gasteiger partial charge on any atom is -0.494 e. The van der Waals surface area contributed by atoms with Crippen molar-refractivity contribution in [3.63, 3.8) is 0 Å². The Morgan fingerprint density at radius 2 is 1.63 bits per heavy atom. The van der Waals surface area contributed by atoms with Gasteiger partial charge in [-0.1, -0.05) is 12.1 Å². The summed E-state index contributed by atoms with van der Waals surface area (Å²) < 4.78 is 42.8. The summed E-state index contributed by atoms with van der Waals surface area (Å²) >= 11 is 0. The Bertz CT molecular complexity index is 1430. The highest BCUT2D eigenvalue weighted by molar-refractivity contribution is 6.01. The number of aromatic hydroxyl groups is 1. The smallest absolute Gasteiger partial charge is 0.494 e. The molecule has 38 heavy (non-hydrogen) atoms. The number of aryl methyl sites for hydroxylation is 1. The van der Waals surface area contributed by atoms with E-state index in [0.717, 1.165) is 30.6 Å². The van der Waals surface area contributed by atoms with E-state index in [0.29, 0.717) is 29.6 Å². The van der Waals surface area contributed by atoms with E-state index in [1.165, 1.54) is 29.8 Å². The zero-order valence-corrected chi connectivity index (χ0v) is 20.8. The Kier molecular flexibility index (Phi) is 6.98. The number of piperazine rings is 1. The van der Waals surface area contributed by atoms with Crippen LogP contribution < -0.4 is 4.74 Å². The first-order valence-corrected chi connectivity index (χ1v) is 12.2. The molecule has 2 aromatic heterocycles. The zero-order valence-electron chi connectivity index (χ0n) is 20.8. The molecule has 3 heterocycles. The second kappa shape index (κ2) is 10.4. The van der Waals surface area contributed by atoms with Gasteiger partial charge in [-0.3, -0.25) is 14.7 Å². The number of pyridine rings is 1. The first-order chi connectivity index (χ1) is 18.2. The molecule has 1 saturated heterocycles. The molecule has 2 aromatic carbocycles. The summed E-state index contributed by atoms with van der Waals surface area (Å²) in [7, 11) is 0. The quantitative estimate of drug-likeness (QED) is 0.386. The van der Waals surface area contributed by atoms with Crippen LogP contribution in [0.1, 0.15) is 27.0 Å². The molecule has 0 unspecified atom stereocenters. The van der Waals surface area contributed by atoms with Gasteiger partial charge in [-0.15, -0.1) is 13.2 Å². The molecule has 0 atom stereocenters. The van der Waals surface area contributed by atoms with Gasteiger partial charge in [0.15, 0.2) is 5.88 Å². The third-order valence-electron chi connectivity index (χ3n) is 6.73. The normalized spacial score (nSPS) is 14.7. The fraction of sp³-hybridized carbons (Fsp3) is 0.286. The number of halogens is 3. The van der Waals surface area contributed by atoms with Gasteiger partial charge in [0.2, 0.25) is 0 Å². The van der Waals surface area contributed by atoms with Crippen LogP contribution in [0, 0.1) is 6.92 Å². The lowest BCUT2D eigenvalue weighted by molar-refractivity contribution is -0.274. The molecule has 1 N–H and O–H groups in total. The number of rotatable bonds is 6. The SMILES string of the molecule is Cc1cc(C(=O)N2CCN(Cc3ccncc3)CC2)cc2cn(Cc3ccc(OC(F)(F)F)cc3)c(O)c12. The van der Waals surface area contributed by atoms with E-state index in [-0.39, 0.29) is 24.1 Å². The van der Waals surface area contributed by atoms with Crippen molar-refractivity contribution in [1.82, 2.24) is 19.4 Å².